The molecule has 3 heterocycles. The zero-order chi connectivity index (χ0) is 24.7. The van der Waals surface area contributed by atoms with Crippen molar-refractivity contribution in [3.8, 4) is 16.9 Å². The van der Waals surface area contributed by atoms with Crippen molar-refractivity contribution >= 4 is 38.9 Å². The maximum Gasteiger partial charge on any atom is 0.265 e. The van der Waals surface area contributed by atoms with Gasteiger partial charge in [-0.2, -0.15) is 0 Å². The molecule has 0 bridgehead atoms. The predicted octanol–water partition coefficient (Wildman–Crippen LogP) is 4.79. The molecule has 1 aliphatic rings. The van der Waals surface area contributed by atoms with Crippen LogP contribution >= 0.6 is 11.3 Å². The quantitative estimate of drug-likeness (QED) is 0.290. The summed E-state index contributed by atoms with van der Waals surface area (Å²) in [6.07, 6.45) is 3.06. The van der Waals surface area contributed by atoms with Gasteiger partial charge in [-0.1, -0.05) is 36.4 Å². The molecule has 0 saturated heterocycles. The second-order valence-corrected chi connectivity index (χ2v) is 9.54. The van der Waals surface area contributed by atoms with Gasteiger partial charge in [-0.15, -0.1) is 17.9 Å². The maximum atomic E-state index is 13.6. The molecule has 1 amide bonds. The van der Waals surface area contributed by atoms with Crippen LogP contribution in [0.4, 0.5) is 5.69 Å². The Morgan fingerprint density at radius 2 is 2.00 bits per heavy atom. The number of ketones is 1. The number of aryl methyl sites for hydroxylation is 1. The molecule has 0 radical (unpaired) electrons. The molecule has 35 heavy (non-hydrogen) atoms. The van der Waals surface area contributed by atoms with E-state index >= 15 is 0 Å². The van der Waals surface area contributed by atoms with E-state index in [0.717, 1.165) is 16.0 Å². The zero-order valence-electron chi connectivity index (χ0n) is 19.4. The second-order valence-electron chi connectivity index (χ2n) is 8.34. The number of fused-ring (bicyclic) bond motifs is 2. The van der Waals surface area contributed by atoms with E-state index in [1.54, 1.807) is 31.2 Å². The molecule has 0 saturated carbocycles. The van der Waals surface area contributed by atoms with Crippen molar-refractivity contribution in [2.75, 3.05) is 18.1 Å². The van der Waals surface area contributed by atoms with Crippen LogP contribution < -0.4 is 15.2 Å². The Morgan fingerprint density at radius 1 is 1.23 bits per heavy atom. The van der Waals surface area contributed by atoms with Gasteiger partial charge in [0.25, 0.3) is 11.5 Å². The summed E-state index contributed by atoms with van der Waals surface area (Å²) in [4.78, 5) is 47.1. The molecular formula is C27H23N3O4S. The molecule has 2 aromatic heterocycles. The number of carbonyl (C=O) groups excluding carboxylic acids is 2. The third-order valence-corrected chi connectivity index (χ3v) is 7.18. The first-order valence-corrected chi connectivity index (χ1v) is 12.0. The number of aromatic nitrogens is 2. The molecule has 2 aromatic carbocycles. The number of amides is 1. The Bertz CT molecular complexity index is 1540. The van der Waals surface area contributed by atoms with E-state index in [2.05, 4.69) is 11.6 Å². The number of rotatable bonds is 6. The van der Waals surface area contributed by atoms with E-state index in [4.69, 9.17) is 4.74 Å². The van der Waals surface area contributed by atoms with Crippen molar-refractivity contribution in [1.29, 1.82) is 0 Å². The van der Waals surface area contributed by atoms with E-state index in [0.29, 0.717) is 33.8 Å². The number of nitrogens with zero attached hydrogens (tertiary/aromatic N) is 3. The summed E-state index contributed by atoms with van der Waals surface area (Å²) in [7, 11) is 0. The Morgan fingerprint density at radius 3 is 2.74 bits per heavy atom. The third-order valence-electron chi connectivity index (χ3n) is 6.17. The van der Waals surface area contributed by atoms with Gasteiger partial charge in [-0.25, -0.2) is 4.98 Å². The highest BCUT2D eigenvalue weighted by molar-refractivity contribution is 7.19. The summed E-state index contributed by atoms with van der Waals surface area (Å²) < 4.78 is 6.90. The zero-order valence-corrected chi connectivity index (χ0v) is 20.2. The lowest BCUT2D eigenvalue weighted by Gasteiger charge is -2.29. The normalized spacial score (nSPS) is 13.9. The lowest BCUT2D eigenvalue weighted by Crippen LogP contribution is -2.39. The van der Waals surface area contributed by atoms with Crippen LogP contribution in [0.25, 0.3) is 21.3 Å². The van der Waals surface area contributed by atoms with Gasteiger partial charge in [0.2, 0.25) is 0 Å². The first-order chi connectivity index (χ1) is 16.9. The maximum absolute atomic E-state index is 13.6. The van der Waals surface area contributed by atoms with Gasteiger partial charge in [0.05, 0.1) is 23.4 Å². The van der Waals surface area contributed by atoms with Crippen LogP contribution in [-0.4, -0.2) is 34.4 Å². The number of Topliss-reactive ketones (excluding diaryl/α,β-unsaturated/α-hetero) is 1. The van der Waals surface area contributed by atoms with Crippen molar-refractivity contribution < 1.29 is 14.3 Å². The molecule has 5 rings (SSSR count). The summed E-state index contributed by atoms with van der Waals surface area (Å²) in [5.41, 5.74) is 2.42. The topological polar surface area (TPSA) is 81.5 Å². The molecule has 7 nitrogen and oxygen atoms in total. The molecule has 1 atom stereocenters. The Balaban J connectivity index is 1.56. The number of anilines is 1. The second kappa shape index (κ2) is 8.96. The molecule has 1 unspecified atom stereocenters. The van der Waals surface area contributed by atoms with Crippen LogP contribution in [-0.2, 0) is 4.79 Å². The number of ether oxygens (including phenoxy) is 1. The van der Waals surface area contributed by atoms with Gasteiger partial charge in [-0.3, -0.25) is 19.0 Å². The monoisotopic (exact) mass is 485 g/mol. The fourth-order valence-electron chi connectivity index (χ4n) is 4.40. The van der Waals surface area contributed by atoms with Gasteiger partial charge in [0.15, 0.2) is 12.4 Å². The Hall–Kier alpha value is -4.04. The van der Waals surface area contributed by atoms with Crippen LogP contribution in [0.15, 0.2) is 72.3 Å². The van der Waals surface area contributed by atoms with Gasteiger partial charge in [0, 0.05) is 22.5 Å². The molecule has 0 aliphatic carbocycles. The highest BCUT2D eigenvalue weighted by Crippen LogP contribution is 2.36. The number of benzene rings is 2. The fraction of sp³-hybridized carbons (Fsp3) is 0.185. The Labute approximate surface area is 205 Å². The van der Waals surface area contributed by atoms with E-state index in [1.807, 2.05) is 37.3 Å². The van der Waals surface area contributed by atoms with Crippen LogP contribution in [0.5, 0.6) is 5.75 Å². The number of carbonyl (C=O) groups is 2. The van der Waals surface area contributed by atoms with E-state index in [-0.39, 0.29) is 23.9 Å². The van der Waals surface area contributed by atoms with Crippen molar-refractivity contribution in [1.82, 2.24) is 9.55 Å². The van der Waals surface area contributed by atoms with E-state index in [1.165, 1.54) is 27.1 Å². The average Bonchev–Trinajstić information content (AvgIpc) is 3.22. The molecule has 0 spiro atoms. The summed E-state index contributed by atoms with van der Waals surface area (Å²) >= 11 is 1.46. The average molecular weight is 486 g/mol. The van der Waals surface area contributed by atoms with Crippen LogP contribution in [0.1, 0.15) is 28.2 Å². The fourth-order valence-corrected chi connectivity index (χ4v) is 5.40. The van der Waals surface area contributed by atoms with Crippen molar-refractivity contribution in [2.24, 2.45) is 0 Å². The van der Waals surface area contributed by atoms with Crippen LogP contribution in [0.2, 0.25) is 0 Å². The SMILES string of the molecule is C=CCN1C(=O)COc2ccc(C(=O)C(C)n3cnc4sc(C)c(-c5ccccc5)c4c3=O)cc21. The highest BCUT2D eigenvalue weighted by Gasteiger charge is 2.28. The molecule has 8 heteroatoms. The van der Waals surface area contributed by atoms with Gasteiger partial charge in [0.1, 0.15) is 10.6 Å². The predicted molar refractivity (Wildman–Crippen MR) is 138 cm³/mol. The minimum Gasteiger partial charge on any atom is -0.482 e. The summed E-state index contributed by atoms with van der Waals surface area (Å²) in [5.74, 6) is 0.0557. The van der Waals surface area contributed by atoms with E-state index < -0.39 is 6.04 Å². The number of hydrogen-bond acceptors (Lipinski definition) is 6. The molecule has 1 aliphatic heterocycles. The summed E-state index contributed by atoms with van der Waals surface area (Å²) in [6.45, 7) is 7.61. The van der Waals surface area contributed by atoms with Crippen molar-refractivity contribution in [3.05, 3.63) is 88.3 Å². The smallest absolute Gasteiger partial charge is 0.265 e. The number of hydrogen-bond donors (Lipinski definition) is 0. The highest BCUT2D eigenvalue weighted by atomic mass is 32.1. The lowest BCUT2D eigenvalue weighted by atomic mass is 10.0. The third kappa shape index (κ3) is 3.85. The summed E-state index contributed by atoms with van der Waals surface area (Å²) in [6, 6.07) is 13.9. The van der Waals surface area contributed by atoms with Gasteiger partial charge < -0.3 is 9.64 Å². The van der Waals surface area contributed by atoms with Crippen LogP contribution in [0, 0.1) is 6.92 Å². The summed E-state index contributed by atoms with van der Waals surface area (Å²) in [5, 5.41) is 0.516. The first-order valence-electron chi connectivity index (χ1n) is 11.2. The minimum absolute atomic E-state index is 0.0601. The van der Waals surface area contributed by atoms with Gasteiger partial charge in [-0.05, 0) is 37.6 Å². The molecular weight excluding hydrogens is 462 g/mol. The molecule has 176 valence electrons. The minimum atomic E-state index is -0.797. The van der Waals surface area contributed by atoms with E-state index in [9.17, 15) is 14.4 Å². The lowest BCUT2D eigenvalue weighted by molar-refractivity contribution is -0.121. The molecule has 0 N–H and O–H groups in total. The molecule has 0 fully saturated rings. The van der Waals surface area contributed by atoms with Gasteiger partial charge >= 0.3 is 0 Å². The van der Waals surface area contributed by atoms with Crippen molar-refractivity contribution in [2.45, 2.75) is 19.9 Å². The first kappa shape index (κ1) is 22.7. The largest absolute Gasteiger partial charge is 0.482 e. The standard InChI is InChI=1S/C27H23N3O4S/c1-4-12-29-20-13-19(10-11-21(20)34-14-22(29)31)25(32)16(2)30-15-28-26-24(27(30)33)23(17(3)35-26)18-8-6-5-7-9-18/h4-11,13,15-16H,1,12,14H2,2-3H3. The molecule has 4 aromatic rings. The number of thiophene rings is 1. The van der Waals surface area contributed by atoms with Crippen LogP contribution in [0.3, 0.4) is 0 Å². The van der Waals surface area contributed by atoms with Crippen molar-refractivity contribution in [3.63, 3.8) is 0 Å². The Kier molecular flexibility index (Phi) is 5.82.